The van der Waals surface area contributed by atoms with Crippen molar-refractivity contribution in [3.8, 4) is 16.9 Å². The van der Waals surface area contributed by atoms with Crippen molar-refractivity contribution in [3.05, 3.63) is 48.3 Å². The van der Waals surface area contributed by atoms with Crippen LogP contribution in [0.4, 0.5) is 0 Å². The van der Waals surface area contributed by atoms with Crippen LogP contribution in [0.15, 0.2) is 42.7 Å². The average Bonchev–Trinajstić information content (AvgIpc) is 2.38. The Morgan fingerprint density at radius 1 is 1.19 bits per heavy atom. The molecular formula is C13H13NO2. The third kappa shape index (κ3) is 1.90. The maximum Gasteiger partial charge on any atom is 0.126 e. The topological polar surface area (TPSA) is 42.4 Å². The van der Waals surface area contributed by atoms with Crippen LogP contribution in [0.5, 0.6) is 5.75 Å². The summed E-state index contributed by atoms with van der Waals surface area (Å²) >= 11 is 0. The Balaban J connectivity index is 2.58. The summed E-state index contributed by atoms with van der Waals surface area (Å²) in [6.45, 7) is -0.0266. The van der Waals surface area contributed by atoms with Gasteiger partial charge >= 0.3 is 0 Å². The van der Waals surface area contributed by atoms with Crippen molar-refractivity contribution in [2.75, 3.05) is 7.11 Å². The molecule has 0 aliphatic rings. The molecule has 0 atom stereocenters. The summed E-state index contributed by atoms with van der Waals surface area (Å²) < 4.78 is 5.30. The summed E-state index contributed by atoms with van der Waals surface area (Å²) in [7, 11) is 1.64. The molecule has 2 aromatic rings. The molecule has 0 bridgehead atoms. The van der Waals surface area contributed by atoms with E-state index in [9.17, 15) is 5.11 Å². The normalized spacial score (nSPS) is 10.1. The van der Waals surface area contributed by atoms with Crippen molar-refractivity contribution in [1.29, 1.82) is 0 Å². The summed E-state index contributed by atoms with van der Waals surface area (Å²) in [6.07, 6.45) is 3.38. The number of ether oxygens (including phenoxy) is 1. The number of aliphatic hydroxyl groups excluding tert-OH is 1. The summed E-state index contributed by atoms with van der Waals surface area (Å²) in [5.41, 5.74) is 2.72. The first kappa shape index (κ1) is 10.6. The molecule has 0 fully saturated rings. The van der Waals surface area contributed by atoms with Gasteiger partial charge in [0, 0.05) is 23.5 Å². The fourth-order valence-electron chi connectivity index (χ4n) is 1.68. The number of pyridine rings is 1. The van der Waals surface area contributed by atoms with E-state index in [2.05, 4.69) is 4.98 Å². The molecule has 0 saturated heterocycles. The second-order valence-corrected chi connectivity index (χ2v) is 3.39. The molecule has 82 valence electrons. The zero-order valence-electron chi connectivity index (χ0n) is 9.05. The number of hydrogen-bond acceptors (Lipinski definition) is 3. The summed E-state index contributed by atoms with van der Waals surface area (Å²) in [6, 6.07) is 9.61. The summed E-state index contributed by atoms with van der Waals surface area (Å²) in [5.74, 6) is 0.795. The van der Waals surface area contributed by atoms with Gasteiger partial charge in [0.25, 0.3) is 0 Å². The number of nitrogens with zero attached hydrogens (tertiary/aromatic N) is 1. The highest BCUT2D eigenvalue weighted by molar-refractivity contribution is 5.72. The molecule has 0 spiro atoms. The van der Waals surface area contributed by atoms with Crippen molar-refractivity contribution >= 4 is 0 Å². The molecule has 0 radical (unpaired) electrons. The highest BCUT2D eigenvalue weighted by atomic mass is 16.5. The van der Waals surface area contributed by atoms with Gasteiger partial charge < -0.3 is 9.84 Å². The molecule has 0 amide bonds. The Kier molecular flexibility index (Phi) is 3.17. The van der Waals surface area contributed by atoms with E-state index in [1.165, 1.54) is 0 Å². The first-order chi connectivity index (χ1) is 7.86. The van der Waals surface area contributed by atoms with Crippen LogP contribution in [0.2, 0.25) is 0 Å². The Labute approximate surface area is 94.3 Å². The Morgan fingerprint density at radius 3 is 2.75 bits per heavy atom. The van der Waals surface area contributed by atoms with E-state index in [4.69, 9.17) is 4.74 Å². The molecule has 0 aliphatic heterocycles. The third-order valence-electron chi connectivity index (χ3n) is 2.47. The lowest BCUT2D eigenvalue weighted by atomic mass is 10.0. The van der Waals surface area contributed by atoms with Gasteiger partial charge in [-0.15, -0.1) is 0 Å². The SMILES string of the molecule is COc1ccccc1-c1ccncc1CO. The number of para-hydroxylation sites is 1. The van der Waals surface area contributed by atoms with Crippen LogP contribution < -0.4 is 4.74 Å². The van der Waals surface area contributed by atoms with Gasteiger partial charge in [0.1, 0.15) is 5.75 Å². The number of rotatable bonds is 3. The lowest BCUT2D eigenvalue weighted by molar-refractivity contribution is 0.282. The molecule has 16 heavy (non-hydrogen) atoms. The number of benzene rings is 1. The maximum atomic E-state index is 9.26. The molecular weight excluding hydrogens is 202 g/mol. The molecule has 3 heteroatoms. The van der Waals surface area contributed by atoms with Gasteiger partial charge in [0.2, 0.25) is 0 Å². The van der Waals surface area contributed by atoms with Crippen LogP contribution in [0.1, 0.15) is 5.56 Å². The van der Waals surface area contributed by atoms with E-state index in [1.807, 2.05) is 30.3 Å². The van der Waals surface area contributed by atoms with E-state index in [0.717, 1.165) is 22.4 Å². The quantitative estimate of drug-likeness (QED) is 0.853. The predicted molar refractivity (Wildman–Crippen MR) is 62.1 cm³/mol. The van der Waals surface area contributed by atoms with Crippen LogP contribution >= 0.6 is 0 Å². The molecule has 1 heterocycles. The Bertz CT molecular complexity index is 437. The van der Waals surface area contributed by atoms with E-state index in [-0.39, 0.29) is 6.61 Å². The van der Waals surface area contributed by atoms with Gasteiger partial charge in [-0.25, -0.2) is 0 Å². The highest BCUT2D eigenvalue weighted by Crippen LogP contribution is 2.31. The number of aromatic nitrogens is 1. The monoisotopic (exact) mass is 215 g/mol. The minimum Gasteiger partial charge on any atom is -0.496 e. The molecule has 0 aliphatic carbocycles. The molecule has 1 aromatic carbocycles. The van der Waals surface area contributed by atoms with Crippen molar-refractivity contribution < 1.29 is 9.84 Å². The van der Waals surface area contributed by atoms with E-state index >= 15 is 0 Å². The van der Waals surface area contributed by atoms with Gasteiger partial charge in [0.15, 0.2) is 0 Å². The van der Waals surface area contributed by atoms with E-state index in [0.29, 0.717) is 0 Å². The van der Waals surface area contributed by atoms with Crippen molar-refractivity contribution in [2.24, 2.45) is 0 Å². The first-order valence-corrected chi connectivity index (χ1v) is 5.04. The largest absolute Gasteiger partial charge is 0.496 e. The van der Waals surface area contributed by atoms with Gasteiger partial charge in [-0.2, -0.15) is 0 Å². The summed E-state index contributed by atoms with van der Waals surface area (Å²) in [5, 5.41) is 9.26. The molecule has 2 rings (SSSR count). The predicted octanol–water partition coefficient (Wildman–Crippen LogP) is 2.25. The van der Waals surface area contributed by atoms with Crippen LogP contribution in [-0.2, 0) is 6.61 Å². The van der Waals surface area contributed by atoms with E-state index < -0.39 is 0 Å². The maximum absolute atomic E-state index is 9.26. The fourth-order valence-corrected chi connectivity index (χ4v) is 1.68. The average molecular weight is 215 g/mol. The molecule has 0 unspecified atom stereocenters. The standard InChI is InChI=1S/C13H13NO2/c1-16-13-5-3-2-4-12(13)11-6-7-14-8-10(11)9-15/h2-8,15H,9H2,1H3. The van der Waals surface area contributed by atoms with Crippen LogP contribution in [-0.4, -0.2) is 17.2 Å². The van der Waals surface area contributed by atoms with Gasteiger partial charge in [0.05, 0.1) is 13.7 Å². The van der Waals surface area contributed by atoms with Crippen molar-refractivity contribution in [2.45, 2.75) is 6.61 Å². The van der Waals surface area contributed by atoms with Crippen molar-refractivity contribution in [3.63, 3.8) is 0 Å². The Hall–Kier alpha value is -1.87. The fraction of sp³-hybridized carbons (Fsp3) is 0.154. The van der Waals surface area contributed by atoms with Crippen LogP contribution in [0, 0.1) is 0 Å². The third-order valence-corrected chi connectivity index (χ3v) is 2.47. The lowest BCUT2D eigenvalue weighted by Crippen LogP contribution is -1.93. The number of hydrogen-bond donors (Lipinski definition) is 1. The zero-order valence-corrected chi connectivity index (χ0v) is 9.05. The number of methoxy groups -OCH3 is 1. The van der Waals surface area contributed by atoms with Crippen LogP contribution in [0.3, 0.4) is 0 Å². The van der Waals surface area contributed by atoms with Crippen LogP contribution in [0.25, 0.3) is 11.1 Å². The second-order valence-electron chi connectivity index (χ2n) is 3.39. The minimum absolute atomic E-state index is 0.0266. The van der Waals surface area contributed by atoms with Gasteiger partial charge in [-0.1, -0.05) is 18.2 Å². The van der Waals surface area contributed by atoms with Crippen molar-refractivity contribution in [1.82, 2.24) is 4.98 Å². The molecule has 3 nitrogen and oxygen atoms in total. The zero-order chi connectivity index (χ0) is 11.4. The highest BCUT2D eigenvalue weighted by Gasteiger charge is 2.08. The smallest absolute Gasteiger partial charge is 0.126 e. The summed E-state index contributed by atoms with van der Waals surface area (Å²) in [4.78, 5) is 4.00. The molecule has 1 aromatic heterocycles. The first-order valence-electron chi connectivity index (χ1n) is 5.04. The second kappa shape index (κ2) is 4.77. The van der Waals surface area contributed by atoms with Gasteiger partial charge in [-0.05, 0) is 17.7 Å². The molecule has 0 saturated carbocycles. The number of aliphatic hydroxyl groups is 1. The van der Waals surface area contributed by atoms with E-state index in [1.54, 1.807) is 19.5 Å². The Morgan fingerprint density at radius 2 is 2.00 bits per heavy atom. The molecule has 1 N–H and O–H groups in total. The lowest BCUT2D eigenvalue weighted by Gasteiger charge is -2.10. The minimum atomic E-state index is -0.0266. The van der Waals surface area contributed by atoms with Gasteiger partial charge in [-0.3, -0.25) is 4.98 Å².